The molecule has 1 unspecified atom stereocenters. The Balaban J connectivity index is 1.85. The minimum atomic E-state index is -4.70. The second kappa shape index (κ2) is 8.99. The number of benzene rings is 2. The Kier molecular flexibility index (Phi) is 7.04. The van der Waals surface area contributed by atoms with Crippen LogP contribution in [0, 0.1) is 17.9 Å². The van der Waals surface area contributed by atoms with Gasteiger partial charge in [-0.05, 0) is 42.8 Å². The van der Waals surface area contributed by atoms with Crippen LogP contribution in [-0.2, 0) is 20.8 Å². The maximum absolute atomic E-state index is 14.6. The van der Waals surface area contributed by atoms with Crippen LogP contribution >= 0.6 is 11.6 Å². The fourth-order valence-electron chi connectivity index (χ4n) is 3.43. The highest BCUT2D eigenvalue weighted by Crippen LogP contribution is 2.33. The first-order chi connectivity index (χ1) is 14.7. The van der Waals surface area contributed by atoms with Crippen molar-refractivity contribution in [3.63, 3.8) is 0 Å². The van der Waals surface area contributed by atoms with Gasteiger partial charge >= 0.3 is 6.18 Å². The van der Waals surface area contributed by atoms with E-state index in [-0.39, 0.29) is 41.5 Å². The molecule has 0 saturated carbocycles. The van der Waals surface area contributed by atoms with Crippen LogP contribution in [0.25, 0.3) is 0 Å². The van der Waals surface area contributed by atoms with Crippen LogP contribution in [0.1, 0.15) is 5.56 Å². The predicted molar refractivity (Wildman–Crippen MR) is 114 cm³/mol. The highest BCUT2D eigenvalue weighted by atomic mass is 35.5. The molecule has 1 saturated heterocycles. The number of hydroxylamine groups is 2. The Morgan fingerprint density at radius 1 is 1.16 bits per heavy atom. The summed E-state index contributed by atoms with van der Waals surface area (Å²) in [4.78, 5) is -0.289. The largest absolute Gasteiger partial charge is 0.627 e. The molecule has 0 aromatic heterocycles. The van der Waals surface area contributed by atoms with Gasteiger partial charge < -0.3 is 9.85 Å². The van der Waals surface area contributed by atoms with Crippen molar-refractivity contribution in [3.8, 4) is 0 Å². The van der Waals surface area contributed by atoms with E-state index in [0.29, 0.717) is 5.02 Å². The van der Waals surface area contributed by atoms with Crippen LogP contribution in [0.3, 0.4) is 0 Å². The van der Waals surface area contributed by atoms with E-state index in [1.165, 1.54) is 31.2 Å². The Morgan fingerprint density at radius 2 is 1.72 bits per heavy atom. The third-order valence-electron chi connectivity index (χ3n) is 5.10. The third kappa shape index (κ3) is 5.32. The predicted octanol–water partition coefficient (Wildman–Crippen LogP) is 3.97. The molecular formula is C19H19ClF4N2O4S2. The molecule has 6 nitrogen and oxygen atoms in total. The van der Waals surface area contributed by atoms with Crippen molar-refractivity contribution in [1.29, 1.82) is 0 Å². The van der Waals surface area contributed by atoms with Crippen molar-refractivity contribution in [1.82, 2.24) is 8.95 Å². The normalized spacial score (nSPS) is 18.5. The average molecular weight is 515 g/mol. The van der Waals surface area contributed by atoms with Gasteiger partial charge in [-0.1, -0.05) is 11.6 Å². The zero-order valence-corrected chi connectivity index (χ0v) is 19.1. The summed E-state index contributed by atoms with van der Waals surface area (Å²) in [6.45, 7) is 0.115. The van der Waals surface area contributed by atoms with Gasteiger partial charge in [0.1, 0.15) is 5.75 Å². The van der Waals surface area contributed by atoms with Crippen molar-refractivity contribution in [2.45, 2.75) is 22.9 Å². The zero-order valence-electron chi connectivity index (χ0n) is 16.7. The SMILES string of the molecule is Cc1cc(F)c([N+]2([O-])CCN(S(=O)(=O)c3ccc(Cl)cc3)CC2)cc1S(=O)CC(F)(F)F. The van der Waals surface area contributed by atoms with Gasteiger partial charge in [0.2, 0.25) is 10.0 Å². The number of hydrogen-bond acceptors (Lipinski definition) is 4. The standard InChI is InChI=1S/C19H19ClF4N2O4S2/c1-13-10-16(21)17(11-18(13)31(28)12-19(22,23)24)26(27)8-6-25(7-9-26)32(29,30)15-4-2-14(20)3-5-15/h2-5,10-11H,6-9,12H2,1H3. The van der Waals surface area contributed by atoms with Gasteiger partial charge in [0.25, 0.3) is 0 Å². The van der Waals surface area contributed by atoms with Gasteiger partial charge in [0, 0.05) is 16.0 Å². The van der Waals surface area contributed by atoms with Crippen molar-refractivity contribution >= 4 is 38.1 Å². The van der Waals surface area contributed by atoms with Crippen LogP contribution in [-0.4, -0.2) is 55.0 Å². The summed E-state index contributed by atoms with van der Waals surface area (Å²) in [5.41, 5.74) is -0.436. The molecule has 0 aliphatic carbocycles. The van der Waals surface area contributed by atoms with E-state index in [1.54, 1.807) is 0 Å². The Bertz CT molecular complexity index is 1130. The summed E-state index contributed by atoms with van der Waals surface area (Å²) in [5.74, 6) is -2.57. The number of nitrogens with zero attached hydrogens (tertiary/aromatic N) is 2. The van der Waals surface area contributed by atoms with Gasteiger partial charge in [0.15, 0.2) is 11.5 Å². The lowest BCUT2D eigenvalue weighted by Crippen LogP contribution is -2.58. The molecule has 1 heterocycles. The highest BCUT2D eigenvalue weighted by Gasteiger charge is 2.37. The van der Waals surface area contributed by atoms with Crippen molar-refractivity contribution < 1.29 is 30.2 Å². The first kappa shape index (κ1) is 25.1. The maximum Gasteiger partial charge on any atom is 0.400 e. The Morgan fingerprint density at radius 3 is 2.25 bits per heavy atom. The lowest BCUT2D eigenvalue weighted by molar-refractivity contribution is -0.105. The lowest BCUT2D eigenvalue weighted by atomic mass is 10.2. The Labute approximate surface area is 190 Å². The molecule has 13 heteroatoms. The monoisotopic (exact) mass is 514 g/mol. The number of hydrogen-bond donors (Lipinski definition) is 0. The van der Waals surface area contributed by atoms with E-state index in [9.17, 15) is 35.4 Å². The van der Waals surface area contributed by atoms with Crippen molar-refractivity contribution in [3.05, 3.63) is 58.0 Å². The van der Waals surface area contributed by atoms with Gasteiger partial charge in [0.05, 0.1) is 41.9 Å². The van der Waals surface area contributed by atoms with Crippen molar-refractivity contribution in [2.75, 3.05) is 31.9 Å². The summed E-state index contributed by atoms with van der Waals surface area (Å²) in [6.07, 6.45) is -4.70. The fraction of sp³-hybridized carbons (Fsp3) is 0.368. The van der Waals surface area contributed by atoms with Crippen molar-refractivity contribution in [2.24, 2.45) is 0 Å². The summed E-state index contributed by atoms with van der Waals surface area (Å²) in [7, 11) is -6.42. The number of quaternary nitrogens is 1. The van der Waals surface area contributed by atoms with E-state index < -0.39 is 48.9 Å². The van der Waals surface area contributed by atoms with E-state index in [4.69, 9.17) is 11.6 Å². The van der Waals surface area contributed by atoms with Crippen LogP contribution in [0.4, 0.5) is 23.2 Å². The van der Waals surface area contributed by atoms with Crippen LogP contribution in [0.15, 0.2) is 46.2 Å². The average Bonchev–Trinajstić information content (AvgIpc) is 2.67. The zero-order chi connectivity index (χ0) is 23.9. The maximum atomic E-state index is 14.6. The number of rotatable bonds is 5. The van der Waals surface area contributed by atoms with E-state index in [0.717, 1.165) is 16.4 Å². The molecule has 2 aromatic rings. The number of alkyl halides is 3. The number of piperazine rings is 1. The summed E-state index contributed by atoms with van der Waals surface area (Å²) in [6, 6.07) is 7.27. The van der Waals surface area contributed by atoms with Gasteiger partial charge in [-0.3, -0.25) is 4.21 Å². The second-order valence-corrected chi connectivity index (χ2v) is 11.2. The molecule has 3 rings (SSSR count). The van der Waals surface area contributed by atoms with E-state index >= 15 is 0 Å². The number of halogens is 5. The molecule has 1 fully saturated rings. The molecule has 2 aromatic carbocycles. The quantitative estimate of drug-likeness (QED) is 0.344. The summed E-state index contributed by atoms with van der Waals surface area (Å²) >= 11 is 5.78. The fourth-order valence-corrected chi connectivity index (χ4v) is 6.09. The molecule has 1 atom stereocenters. The van der Waals surface area contributed by atoms with E-state index in [2.05, 4.69) is 0 Å². The van der Waals surface area contributed by atoms with Crippen LogP contribution in [0.2, 0.25) is 5.02 Å². The second-order valence-electron chi connectivity index (χ2n) is 7.37. The van der Waals surface area contributed by atoms with Crippen LogP contribution in [0.5, 0.6) is 0 Å². The van der Waals surface area contributed by atoms with Gasteiger partial charge in [-0.2, -0.15) is 17.5 Å². The summed E-state index contributed by atoms with van der Waals surface area (Å²) in [5, 5.41) is 13.7. The minimum absolute atomic E-state index is 0.0147. The first-order valence-corrected chi connectivity index (χ1v) is 12.5. The molecule has 0 bridgehead atoms. The molecule has 1 aliphatic rings. The van der Waals surface area contributed by atoms with Gasteiger partial charge in [-0.15, -0.1) is 0 Å². The topological polar surface area (TPSA) is 77.5 Å². The first-order valence-electron chi connectivity index (χ1n) is 9.33. The molecule has 0 amide bonds. The smallest absolute Gasteiger partial charge is 0.400 e. The van der Waals surface area contributed by atoms with E-state index in [1.807, 2.05) is 0 Å². The molecule has 0 N–H and O–H groups in total. The van der Waals surface area contributed by atoms with Crippen LogP contribution < -0.4 is 4.65 Å². The molecule has 176 valence electrons. The number of aryl methyl sites for hydroxylation is 1. The molecule has 1 aliphatic heterocycles. The number of sulfonamides is 1. The highest BCUT2D eigenvalue weighted by molar-refractivity contribution is 7.89. The molecule has 0 spiro atoms. The third-order valence-corrected chi connectivity index (χ3v) is 8.78. The van der Waals surface area contributed by atoms with Gasteiger partial charge in [-0.25, -0.2) is 12.8 Å². The molecule has 0 radical (unpaired) electrons. The molecule has 32 heavy (non-hydrogen) atoms. The lowest BCUT2D eigenvalue weighted by Gasteiger charge is -2.47. The molecular weight excluding hydrogens is 496 g/mol. The summed E-state index contributed by atoms with van der Waals surface area (Å²) < 4.78 is 90.1. The minimum Gasteiger partial charge on any atom is -0.627 e. The Hall–Kier alpha value is -1.57.